The highest BCUT2D eigenvalue weighted by Crippen LogP contribution is 2.46. The van der Waals surface area contributed by atoms with Gasteiger partial charge in [-0.3, -0.25) is 0 Å². The first-order valence-corrected chi connectivity index (χ1v) is 21.5. The van der Waals surface area contributed by atoms with Gasteiger partial charge in [-0.15, -0.1) is 0 Å². The Kier molecular flexibility index (Phi) is 7.91. The molecule has 294 valence electrons. The summed E-state index contributed by atoms with van der Waals surface area (Å²) in [5.74, 6) is 0. The van der Waals surface area contributed by atoms with Gasteiger partial charge >= 0.3 is 0 Å². The van der Waals surface area contributed by atoms with Crippen LogP contribution in [-0.4, -0.2) is 0 Å². The summed E-state index contributed by atoms with van der Waals surface area (Å²) in [6, 6.07) is 80.5. The van der Waals surface area contributed by atoms with E-state index in [-0.39, 0.29) is 0 Å². The van der Waals surface area contributed by atoms with Crippen molar-refractivity contribution < 1.29 is 8.83 Å². The Labute approximate surface area is 363 Å². The largest absolute Gasteiger partial charge is 0.455 e. The monoisotopic (exact) mass is 803 g/mol. The van der Waals surface area contributed by atoms with E-state index < -0.39 is 0 Å². The normalized spacial score (nSPS) is 11.8. The summed E-state index contributed by atoms with van der Waals surface area (Å²) in [6.07, 6.45) is 0. The predicted octanol–water partition coefficient (Wildman–Crippen LogP) is 17.4. The van der Waals surface area contributed by atoms with E-state index >= 15 is 0 Å². The molecule has 0 radical (unpaired) electrons. The van der Waals surface area contributed by atoms with E-state index in [1.54, 1.807) is 0 Å². The van der Waals surface area contributed by atoms with Gasteiger partial charge in [0, 0.05) is 49.4 Å². The van der Waals surface area contributed by atoms with Crippen LogP contribution in [0.15, 0.2) is 233 Å². The molecule has 0 atom stereocenters. The SMILES string of the molecule is c1ccc2c(-c3ccc(N(c4ccc(-c5cccc6c5oc5ccccc56)cc4)c4cc5ccccc5c5ccccc45)cc3)c(-c3cccc4c3oc3ccccc34)ccc2c1. The molecule has 0 saturated carbocycles. The Balaban J connectivity index is 0.990. The van der Waals surface area contributed by atoms with Crippen LogP contribution in [0.4, 0.5) is 17.1 Å². The topological polar surface area (TPSA) is 29.5 Å². The number of hydrogen-bond donors (Lipinski definition) is 0. The molecule has 0 aliphatic heterocycles. The number of para-hydroxylation sites is 4. The lowest BCUT2D eigenvalue weighted by molar-refractivity contribution is 0.669. The van der Waals surface area contributed by atoms with Gasteiger partial charge in [0.1, 0.15) is 22.3 Å². The summed E-state index contributed by atoms with van der Waals surface area (Å²) < 4.78 is 13.1. The van der Waals surface area contributed by atoms with Crippen molar-refractivity contribution in [3.8, 4) is 33.4 Å². The second-order valence-corrected chi connectivity index (χ2v) is 16.4. The molecule has 3 heteroatoms. The molecular formula is C60H37NO2. The molecule has 0 N–H and O–H groups in total. The van der Waals surface area contributed by atoms with Crippen LogP contribution in [0.1, 0.15) is 0 Å². The van der Waals surface area contributed by atoms with Gasteiger partial charge in [0.05, 0.1) is 5.69 Å². The summed E-state index contributed by atoms with van der Waals surface area (Å²) in [5, 5.41) is 11.7. The third kappa shape index (κ3) is 5.60. The van der Waals surface area contributed by atoms with E-state index in [9.17, 15) is 0 Å². The number of fused-ring (bicyclic) bond motifs is 10. The van der Waals surface area contributed by atoms with Crippen molar-refractivity contribution in [3.63, 3.8) is 0 Å². The van der Waals surface area contributed by atoms with Gasteiger partial charge in [0.15, 0.2) is 0 Å². The van der Waals surface area contributed by atoms with Crippen LogP contribution in [-0.2, 0) is 0 Å². The number of rotatable bonds is 6. The Morgan fingerprint density at radius 1 is 0.286 bits per heavy atom. The van der Waals surface area contributed by atoms with E-state index in [0.717, 1.165) is 88.8 Å². The van der Waals surface area contributed by atoms with Crippen molar-refractivity contribution in [2.24, 2.45) is 0 Å². The Morgan fingerprint density at radius 3 is 1.44 bits per heavy atom. The van der Waals surface area contributed by atoms with Gasteiger partial charge in [-0.1, -0.05) is 182 Å². The molecule has 0 amide bonds. The fourth-order valence-electron chi connectivity index (χ4n) is 9.95. The maximum absolute atomic E-state index is 6.61. The van der Waals surface area contributed by atoms with Crippen LogP contribution >= 0.6 is 0 Å². The average molecular weight is 804 g/mol. The summed E-state index contributed by atoms with van der Waals surface area (Å²) in [7, 11) is 0. The fourth-order valence-corrected chi connectivity index (χ4v) is 9.95. The molecule has 0 unspecified atom stereocenters. The van der Waals surface area contributed by atoms with E-state index in [0.29, 0.717) is 0 Å². The van der Waals surface area contributed by atoms with Crippen LogP contribution in [0.3, 0.4) is 0 Å². The molecule has 0 aliphatic rings. The van der Waals surface area contributed by atoms with Gasteiger partial charge in [0.2, 0.25) is 0 Å². The average Bonchev–Trinajstić information content (AvgIpc) is 3.93. The molecule has 2 aromatic heterocycles. The first-order chi connectivity index (χ1) is 31.2. The summed E-state index contributed by atoms with van der Waals surface area (Å²) in [5.41, 5.74) is 13.6. The van der Waals surface area contributed by atoms with Crippen LogP contribution in [0.2, 0.25) is 0 Å². The van der Waals surface area contributed by atoms with Gasteiger partial charge in [-0.25, -0.2) is 0 Å². The lowest BCUT2D eigenvalue weighted by Crippen LogP contribution is -2.10. The van der Waals surface area contributed by atoms with Crippen molar-refractivity contribution in [2.75, 3.05) is 4.90 Å². The first kappa shape index (κ1) is 35.4. The molecule has 13 aromatic rings. The predicted molar refractivity (Wildman–Crippen MR) is 265 cm³/mol. The van der Waals surface area contributed by atoms with Crippen LogP contribution < -0.4 is 4.90 Å². The summed E-state index contributed by atoms with van der Waals surface area (Å²) in [4.78, 5) is 2.41. The fraction of sp³-hybridized carbons (Fsp3) is 0. The van der Waals surface area contributed by atoms with Crippen molar-refractivity contribution in [1.29, 1.82) is 0 Å². The van der Waals surface area contributed by atoms with Gasteiger partial charge in [-0.2, -0.15) is 0 Å². The number of furan rings is 2. The molecule has 11 aromatic carbocycles. The number of benzene rings is 11. The second-order valence-electron chi connectivity index (χ2n) is 16.4. The number of anilines is 3. The van der Waals surface area contributed by atoms with Gasteiger partial charge in [0.25, 0.3) is 0 Å². The number of nitrogens with zero attached hydrogens (tertiary/aromatic N) is 1. The molecule has 2 heterocycles. The molecule has 0 bridgehead atoms. The summed E-state index contributed by atoms with van der Waals surface area (Å²) >= 11 is 0. The van der Waals surface area contributed by atoms with E-state index in [1.807, 2.05) is 18.2 Å². The Morgan fingerprint density at radius 2 is 0.778 bits per heavy atom. The molecule has 0 fully saturated rings. The van der Waals surface area contributed by atoms with Crippen LogP contribution in [0.25, 0.3) is 110 Å². The lowest BCUT2D eigenvalue weighted by Gasteiger charge is -2.28. The third-order valence-electron chi connectivity index (χ3n) is 12.9. The zero-order valence-electron chi connectivity index (χ0n) is 34.1. The minimum atomic E-state index is 0.896. The molecule has 63 heavy (non-hydrogen) atoms. The molecule has 3 nitrogen and oxygen atoms in total. The zero-order chi connectivity index (χ0) is 41.4. The zero-order valence-corrected chi connectivity index (χ0v) is 34.1. The maximum atomic E-state index is 6.61. The van der Waals surface area contributed by atoms with Crippen LogP contribution in [0.5, 0.6) is 0 Å². The molecular weight excluding hydrogens is 767 g/mol. The van der Waals surface area contributed by atoms with E-state index in [1.165, 1.54) is 37.9 Å². The van der Waals surface area contributed by atoms with Gasteiger partial charge in [-0.05, 0) is 91.6 Å². The Hall–Kier alpha value is -8.40. The smallest absolute Gasteiger partial charge is 0.143 e. The lowest BCUT2D eigenvalue weighted by atomic mass is 9.89. The summed E-state index contributed by atoms with van der Waals surface area (Å²) in [6.45, 7) is 0. The highest BCUT2D eigenvalue weighted by atomic mass is 16.3. The molecule has 13 rings (SSSR count). The molecule has 0 aliphatic carbocycles. The number of hydrogen-bond acceptors (Lipinski definition) is 3. The second kappa shape index (κ2) is 14.1. The standard InChI is InChI=1S/C60H37NO2/c1-4-16-45-38(13-1)31-36-51(54-24-12-23-53-50-20-8-10-26-57(50)63-60(53)54)58(45)40-29-34-43(35-30-40)61(55-37-41-14-2-3-15-44(41)47-17-5-6-18-48(47)55)42-32-27-39(28-33-42)46-21-11-22-52-49-19-7-9-25-56(49)62-59(46)52/h1-37H. The van der Waals surface area contributed by atoms with Crippen molar-refractivity contribution in [3.05, 3.63) is 224 Å². The van der Waals surface area contributed by atoms with Crippen LogP contribution in [0, 0.1) is 0 Å². The molecule has 0 saturated heterocycles. The quantitative estimate of drug-likeness (QED) is 0.157. The maximum Gasteiger partial charge on any atom is 0.143 e. The van der Waals surface area contributed by atoms with E-state index in [4.69, 9.17) is 8.83 Å². The minimum Gasteiger partial charge on any atom is -0.455 e. The van der Waals surface area contributed by atoms with E-state index in [2.05, 4.69) is 211 Å². The molecule has 0 spiro atoms. The highest BCUT2D eigenvalue weighted by molar-refractivity contribution is 6.16. The minimum absolute atomic E-state index is 0.896. The van der Waals surface area contributed by atoms with Gasteiger partial charge < -0.3 is 13.7 Å². The highest BCUT2D eigenvalue weighted by Gasteiger charge is 2.21. The van der Waals surface area contributed by atoms with Crippen molar-refractivity contribution in [2.45, 2.75) is 0 Å². The Bertz CT molecular complexity index is 3910. The third-order valence-corrected chi connectivity index (χ3v) is 12.9. The first-order valence-electron chi connectivity index (χ1n) is 21.5. The van der Waals surface area contributed by atoms with Crippen molar-refractivity contribution >= 4 is 93.3 Å². The van der Waals surface area contributed by atoms with Crippen molar-refractivity contribution in [1.82, 2.24) is 0 Å².